The van der Waals surface area contributed by atoms with Gasteiger partial charge in [0, 0.05) is 47.5 Å². The van der Waals surface area contributed by atoms with E-state index in [9.17, 15) is 9.59 Å². The number of hydrogen-bond donors (Lipinski definition) is 0. The number of imidazole rings is 1. The van der Waals surface area contributed by atoms with Crippen LogP contribution in [0.5, 0.6) is 0 Å². The fourth-order valence-corrected chi connectivity index (χ4v) is 6.30. The number of nitrogens with zero attached hydrogens (tertiary/aromatic N) is 3. The number of anilines is 1. The summed E-state index contributed by atoms with van der Waals surface area (Å²) in [6.07, 6.45) is 8.44. The molecule has 1 amide bonds. The first-order chi connectivity index (χ1) is 19.0. The number of fused-ring (bicyclic) bond motifs is 1. The summed E-state index contributed by atoms with van der Waals surface area (Å²) in [7, 11) is 0. The topological polar surface area (TPSA) is 86.3 Å². The highest BCUT2D eigenvalue weighted by atomic mass is 32.1. The molecule has 0 radical (unpaired) electrons. The highest BCUT2D eigenvalue weighted by molar-refractivity contribution is 7.15. The van der Waals surface area contributed by atoms with Crippen molar-refractivity contribution in [1.29, 1.82) is 0 Å². The molecule has 3 aromatic heterocycles. The molecule has 2 aliphatic rings. The molecular formula is C30H33N3O5S. The van der Waals surface area contributed by atoms with Gasteiger partial charge in [-0.05, 0) is 44.9 Å². The minimum atomic E-state index is -0.494. The molecule has 6 rings (SSSR count). The van der Waals surface area contributed by atoms with Gasteiger partial charge in [-0.3, -0.25) is 14.1 Å². The zero-order chi connectivity index (χ0) is 26.9. The van der Waals surface area contributed by atoms with Gasteiger partial charge in [-0.15, -0.1) is 11.3 Å². The lowest BCUT2D eigenvalue weighted by atomic mass is 9.82. The van der Waals surface area contributed by atoms with Gasteiger partial charge in [0.05, 0.1) is 24.9 Å². The minimum absolute atomic E-state index is 0.0129. The largest absolute Gasteiger partial charge is 0.462 e. The molecule has 1 unspecified atom stereocenters. The Kier molecular flexibility index (Phi) is 7.27. The Morgan fingerprint density at radius 3 is 2.59 bits per heavy atom. The average molecular weight is 548 g/mol. The van der Waals surface area contributed by atoms with Gasteiger partial charge in [-0.1, -0.05) is 31.2 Å². The number of amides is 1. The van der Waals surface area contributed by atoms with E-state index in [0.717, 1.165) is 47.5 Å². The summed E-state index contributed by atoms with van der Waals surface area (Å²) in [6, 6.07) is 9.41. The zero-order valence-electron chi connectivity index (χ0n) is 22.3. The van der Waals surface area contributed by atoms with E-state index in [-0.39, 0.29) is 35.9 Å². The van der Waals surface area contributed by atoms with Crippen LogP contribution in [0.2, 0.25) is 0 Å². The third-order valence-electron chi connectivity index (χ3n) is 7.86. The number of benzene rings is 1. The van der Waals surface area contributed by atoms with Crippen LogP contribution in [0.3, 0.4) is 0 Å². The van der Waals surface area contributed by atoms with Crippen molar-refractivity contribution in [2.75, 3.05) is 24.7 Å². The van der Waals surface area contributed by atoms with E-state index in [2.05, 4.69) is 11.9 Å². The number of aromatic nitrogens is 2. The first-order valence-electron chi connectivity index (χ1n) is 13.8. The van der Waals surface area contributed by atoms with Gasteiger partial charge < -0.3 is 13.9 Å². The molecule has 1 aliphatic heterocycles. The van der Waals surface area contributed by atoms with E-state index in [0.29, 0.717) is 31.3 Å². The van der Waals surface area contributed by atoms with E-state index in [4.69, 9.17) is 13.9 Å². The van der Waals surface area contributed by atoms with E-state index < -0.39 is 5.97 Å². The second kappa shape index (κ2) is 11.0. The van der Waals surface area contributed by atoms with Crippen LogP contribution in [-0.2, 0) is 14.3 Å². The molecular weight excluding hydrogens is 514 g/mol. The zero-order valence-corrected chi connectivity index (χ0v) is 23.1. The molecule has 4 aromatic rings. The fraction of sp³-hybridized carbons (Fsp3) is 0.433. The maximum atomic E-state index is 14.0. The van der Waals surface area contributed by atoms with Crippen molar-refractivity contribution in [3.05, 3.63) is 53.7 Å². The molecule has 39 heavy (non-hydrogen) atoms. The fourth-order valence-electron chi connectivity index (χ4n) is 5.60. The normalized spacial score (nSPS) is 21.3. The number of thiazole rings is 1. The first-order valence-corrected chi connectivity index (χ1v) is 14.6. The number of furan rings is 1. The Labute approximate surface area is 231 Å². The van der Waals surface area contributed by atoms with Crippen molar-refractivity contribution in [2.45, 2.75) is 52.0 Å². The van der Waals surface area contributed by atoms with Gasteiger partial charge in [-0.25, -0.2) is 9.78 Å². The number of rotatable bonds is 7. The lowest BCUT2D eigenvalue weighted by Gasteiger charge is -2.33. The monoisotopic (exact) mass is 547 g/mol. The molecule has 8 nitrogen and oxygen atoms in total. The summed E-state index contributed by atoms with van der Waals surface area (Å²) in [5, 5.41) is 2.01. The predicted molar refractivity (Wildman–Crippen MR) is 150 cm³/mol. The SMILES string of the molecule is CCOC(=O)c1cc(-c2ccc(-c3cn4ccsc4n3)cc2)oc1N(C(=O)[C@H]1CC[C@H](C)CC1)C1CCOC1. The number of carbonyl (C=O) groups is 2. The quantitative estimate of drug-likeness (QED) is 0.247. The molecule has 2 fully saturated rings. The van der Waals surface area contributed by atoms with Crippen LogP contribution in [0.25, 0.3) is 27.5 Å². The van der Waals surface area contributed by atoms with E-state index in [1.165, 1.54) is 0 Å². The van der Waals surface area contributed by atoms with Gasteiger partial charge in [0.1, 0.15) is 11.3 Å². The third kappa shape index (κ3) is 5.13. The Bertz CT molecular complexity index is 1430. The summed E-state index contributed by atoms with van der Waals surface area (Å²) in [6.45, 7) is 5.24. The summed E-state index contributed by atoms with van der Waals surface area (Å²) < 4.78 is 19.4. The van der Waals surface area contributed by atoms with Crippen molar-refractivity contribution in [3.63, 3.8) is 0 Å². The van der Waals surface area contributed by atoms with Gasteiger partial charge in [0.25, 0.3) is 0 Å². The molecule has 1 atom stereocenters. The lowest BCUT2D eigenvalue weighted by Crippen LogP contribution is -2.45. The summed E-state index contributed by atoms with van der Waals surface area (Å²) >= 11 is 1.59. The van der Waals surface area contributed by atoms with Crippen molar-refractivity contribution in [1.82, 2.24) is 9.38 Å². The van der Waals surface area contributed by atoms with Crippen LogP contribution >= 0.6 is 11.3 Å². The highest BCUT2D eigenvalue weighted by Gasteiger charge is 2.39. The average Bonchev–Trinajstić information content (AvgIpc) is 3.74. The van der Waals surface area contributed by atoms with Crippen LogP contribution in [0, 0.1) is 11.8 Å². The van der Waals surface area contributed by atoms with Gasteiger partial charge in [0.2, 0.25) is 11.8 Å². The van der Waals surface area contributed by atoms with Gasteiger partial charge in [0.15, 0.2) is 4.96 Å². The summed E-state index contributed by atoms with van der Waals surface area (Å²) in [5.41, 5.74) is 2.95. The lowest BCUT2D eigenvalue weighted by molar-refractivity contribution is -0.124. The third-order valence-corrected chi connectivity index (χ3v) is 8.63. The smallest absolute Gasteiger partial charge is 0.343 e. The summed E-state index contributed by atoms with van der Waals surface area (Å²) in [4.78, 5) is 34.4. The molecule has 1 saturated heterocycles. The van der Waals surface area contributed by atoms with Crippen molar-refractivity contribution >= 4 is 34.1 Å². The van der Waals surface area contributed by atoms with Crippen molar-refractivity contribution in [3.8, 4) is 22.6 Å². The van der Waals surface area contributed by atoms with Gasteiger partial charge in [-0.2, -0.15) is 0 Å². The van der Waals surface area contributed by atoms with Crippen molar-refractivity contribution in [2.24, 2.45) is 11.8 Å². The maximum absolute atomic E-state index is 14.0. The Hall–Kier alpha value is -3.43. The molecule has 204 valence electrons. The van der Waals surface area contributed by atoms with Crippen LogP contribution < -0.4 is 4.90 Å². The Morgan fingerprint density at radius 2 is 1.90 bits per heavy atom. The molecule has 1 aliphatic carbocycles. The van der Waals surface area contributed by atoms with Crippen LogP contribution in [0.15, 0.2) is 52.5 Å². The summed E-state index contributed by atoms with van der Waals surface area (Å²) in [5.74, 6) is 0.837. The number of carbonyl (C=O) groups excluding carboxylic acids is 2. The van der Waals surface area contributed by atoms with Crippen LogP contribution in [0.1, 0.15) is 56.3 Å². The molecule has 4 heterocycles. The van der Waals surface area contributed by atoms with Crippen molar-refractivity contribution < 1.29 is 23.5 Å². The number of ether oxygens (including phenoxy) is 2. The second-order valence-corrected chi connectivity index (χ2v) is 11.4. The molecule has 9 heteroatoms. The number of esters is 1. The molecule has 0 spiro atoms. The highest BCUT2D eigenvalue weighted by Crippen LogP contribution is 2.38. The molecule has 0 N–H and O–H groups in total. The Balaban J connectivity index is 1.35. The molecule has 1 saturated carbocycles. The molecule has 0 bridgehead atoms. The molecule has 1 aromatic carbocycles. The second-order valence-electron chi connectivity index (χ2n) is 10.5. The van der Waals surface area contributed by atoms with Crippen LogP contribution in [0.4, 0.5) is 5.88 Å². The minimum Gasteiger partial charge on any atom is -0.462 e. The first kappa shape index (κ1) is 25.8. The maximum Gasteiger partial charge on any atom is 0.343 e. The van der Waals surface area contributed by atoms with E-state index >= 15 is 0 Å². The Morgan fingerprint density at radius 1 is 1.13 bits per heavy atom. The van der Waals surface area contributed by atoms with Gasteiger partial charge >= 0.3 is 5.97 Å². The van der Waals surface area contributed by atoms with Crippen LogP contribution in [-0.4, -0.2) is 47.1 Å². The standard InChI is InChI=1S/C30H33N3O5S/c1-3-37-29(35)24-16-26(21-10-8-20(9-11-21)25-17-32-13-15-39-30(32)31-25)38-28(24)33(23-12-14-36-18-23)27(34)22-6-4-19(2)5-7-22/h8-11,13,15-17,19,22-23H,3-7,12,14,18H2,1-2H3/t19-,22-,23?. The number of hydrogen-bond acceptors (Lipinski definition) is 7. The van der Waals surface area contributed by atoms with E-state index in [1.807, 2.05) is 46.4 Å². The predicted octanol–water partition coefficient (Wildman–Crippen LogP) is 6.45. The van der Waals surface area contributed by atoms with E-state index in [1.54, 1.807) is 29.2 Å².